The lowest BCUT2D eigenvalue weighted by molar-refractivity contribution is -0.124. The molecular formula is C22H29N3O4S. The third kappa shape index (κ3) is 4.20. The molecule has 1 amide bonds. The van der Waals surface area contributed by atoms with Gasteiger partial charge in [0.1, 0.15) is 18.2 Å². The number of ether oxygens (including phenoxy) is 1. The normalized spacial score (nSPS) is 20.2. The molecule has 1 aliphatic rings. The highest BCUT2D eigenvalue weighted by atomic mass is 32.3. The van der Waals surface area contributed by atoms with Gasteiger partial charge in [-0.15, -0.1) is 0 Å². The lowest BCUT2D eigenvalue weighted by Gasteiger charge is -2.31. The molecule has 0 aliphatic carbocycles. The van der Waals surface area contributed by atoms with Crippen LogP contribution in [0, 0.1) is 0 Å². The Morgan fingerprint density at radius 3 is 2.60 bits per heavy atom. The summed E-state index contributed by atoms with van der Waals surface area (Å²) in [6.45, 7) is 4.62. The Morgan fingerprint density at radius 2 is 2.00 bits per heavy atom. The summed E-state index contributed by atoms with van der Waals surface area (Å²) in [6.07, 6.45) is 9.91. The second-order valence-electron chi connectivity index (χ2n) is 8.65. The van der Waals surface area contributed by atoms with Crippen LogP contribution in [0.25, 0.3) is 0 Å². The number of nitrogens with zero attached hydrogens (tertiary/aromatic N) is 3. The number of rotatable bonds is 8. The van der Waals surface area contributed by atoms with Crippen molar-refractivity contribution in [2.24, 2.45) is 0 Å². The van der Waals surface area contributed by atoms with E-state index in [1.807, 2.05) is 26.0 Å². The summed E-state index contributed by atoms with van der Waals surface area (Å²) in [5.41, 5.74) is 0.765. The summed E-state index contributed by atoms with van der Waals surface area (Å²) >= 11 is 0. The molecule has 0 bridgehead atoms. The van der Waals surface area contributed by atoms with Gasteiger partial charge >= 0.3 is 5.97 Å². The zero-order valence-electron chi connectivity index (χ0n) is 18.1. The van der Waals surface area contributed by atoms with E-state index in [1.54, 1.807) is 17.2 Å². The molecule has 2 aromatic heterocycles. The molecule has 1 N–H and O–H groups in total. The van der Waals surface area contributed by atoms with Crippen molar-refractivity contribution in [3.63, 3.8) is 0 Å². The number of aromatic nitrogens is 2. The summed E-state index contributed by atoms with van der Waals surface area (Å²) < 4.78 is 5.85. The Bertz CT molecular complexity index is 942. The van der Waals surface area contributed by atoms with Crippen molar-refractivity contribution in [3.05, 3.63) is 53.5 Å². The van der Waals surface area contributed by atoms with Crippen molar-refractivity contribution in [1.82, 2.24) is 9.97 Å². The highest BCUT2D eigenvalue weighted by molar-refractivity contribution is 8.32. The summed E-state index contributed by atoms with van der Waals surface area (Å²) in [7, 11) is -0.669. The third-order valence-corrected chi connectivity index (χ3v) is 7.11. The molecule has 0 saturated carbocycles. The molecule has 8 heteroatoms. The van der Waals surface area contributed by atoms with Crippen molar-refractivity contribution < 1.29 is 19.4 Å². The van der Waals surface area contributed by atoms with Crippen LogP contribution in [-0.2, 0) is 14.9 Å². The first-order valence-electron chi connectivity index (χ1n) is 9.76. The number of carboxylic acid groups (broad SMARTS) is 1. The number of aromatic carboxylic acids is 1. The third-order valence-electron chi connectivity index (χ3n) is 5.72. The minimum atomic E-state index is -1.08. The Morgan fingerprint density at radius 1 is 1.27 bits per heavy atom. The summed E-state index contributed by atoms with van der Waals surface area (Å²) in [5.74, 6) is 0.211. The number of anilines is 1. The van der Waals surface area contributed by atoms with Crippen LogP contribution in [0.2, 0.25) is 0 Å². The first kappa shape index (κ1) is 22.2. The fourth-order valence-electron chi connectivity index (χ4n) is 3.63. The average Bonchev–Trinajstić information content (AvgIpc) is 2.92. The predicted molar refractivity (Wildman–Crippen MR) is 120 cm³/mol. The number of hydrogen-bond acceptors (Lipinski definition) is 5. The van der Waals surface area contributed by atoms with Crippen LogP contribution in [0.4, 0.5) is 5.82 Å². The molecule has 162 valence electrons. The summed E-state index contributed by atoms with van der Waals surface area (Å²) in [6, 6.07) is 6.95. The van der Waals surface area contributed by atoms with Gasteiger partial charge in [0.15, 0.2) is 0 Å². The molecule has 2 aromatic rings. The molecular weight excluding hydrogens is 402 g/mol. The fraction of sp³-hybridized carbons (Fsp3) is 0.455. The Labute approximate surface area is 178 Å². The second kappa shape index (κ2) is 8.35. The van der Waals surface area contributed by atoms with Crippen LogP contribution >= 0.6 is 10.0 Å². The van der Waals surface area contributed by atoms with Crippen molar-refractivity contribution in [2.45, 2.75) is 25.2 Å². The van der Waals surface area contributed by atoms with Crippen molar-refractivity contribution >= 4 is 27.7 Å². The maximum absolute atomic E-state index is 13.6. The van der Waals surface area contributed by atoms with Gasteiger partial charge in [-0.1, -0.05) is 19.1 Å². The van der Waals surface area contributed by atoms with Gasteiger partial charge in [-0.25, -0.2) is 24.8 Å². The smallest absolute Gasteiger partial charge is 0.354 e. The molecule has 0 fully saturated rings. The van der Waals surface area contributed by atoms with Gasteiger partial charge in [0, 0.05) is 29.6 Å². The van der Waals surface area contributed by atoms with Crippen LogP contribution in [0.15, 0.2) is 36.7 Å². The van der Waals surface area contributed by atoms with E-state index in [2.05, 4.69) is 28.7 Å². The molecule has 1 aliphatic heterocycles. The van der Waals surface area contributed by atoms with Crippen LogP contribution < -0.4 is 4.90 Å². The highest BCUT2D eigenvalue weighted by Crippen LogP contribution is 2.48. The number of fused-ring (bicyclic) bond motifs is 1. The van der Waals surface area contributed by atoms with Crippen molar-refractivity contribution in [2.75, 3.05) is 42.8 Å². The average molecular weight is 432 g/mol. The number of carbonyl (C=O) groups is 2. The van der Waals surface area contributed by atoms with Crippen LogP contribution in [0.5, 0.6) is 0 Å². The van der Waals surface area contributed by atoms with E-state index in [0.29, 0.717) is 12.4 Å². The second-order valence-corrected chi connectivity index (χ2v) is 13.2. The zero-order chi connectivity index (χ0) is 22.1. The molecule has 3 heterocycles. The van der Waals surface area contributed by atoms with Gasteiger partial charge in [-0.05, 0) is 43.4 Å². The quantitative estimate of drug-likeness (QED) is 0.645. The first-order valence-corrected chi connectivity index (χ1v) is 12.8. The molecule has 2 atom stereocenters. The van der Waals surface area contributed by atoms with Crippen LogP contribution in [0.3, 0.4) is 0 Å². The molecule has 30 heavy (non-hydrogen) atoms. The van der Waals surface area contributed by atoms with Crippen LogP contribution in [0.1, 0.15) is 41.4 Å². The van der Waals surface area contributed by atoms with Gasteiger partial charge in [0.05, 0.1) is 12.0 Å². The summed E-state index contributed by atoms with van der Waals surface area (Å²) in [4.78, 5) is 34.8. The van der Waals surface area contributed by atoms with E-state index in [4.69, 9.17) is 9.84 Å². The Kier molecular flexibility index (Phi) is 6.19. The van der Waals surface area contributed by atoms with Gasteiger partial charge in [-0.3, -0.25) is 9.69 Å². The van der Waals surface area contributed by atoms with Gasteiger partial charge in [-0.2, -0.15) is 0 Å². The number of carbonyl (C=O) groups excluding carboxylic acids is 1. The van der Waals surface area contributed by atoms with Gasteiger partial charge in [0.2, 0.25) is 5.91 Å². The minimum Gasteiger partial charge on any atom is -0.477 e. The van der Waals surface area contributed by atoms with E-state index in [-0.39, 0.29) is 24.2 Å². The molecule has 0 saturated heterocycles. The maximum atomic E-state index is 13.6. The van der Waals surface area contributed by atoms with E-state index >= 15 is 0 Å². The maximum Gasteiger partial charge on any atom is 0.354 e. The predicted octanol–water partition coefficient (Wildman–Crippen LogP) is 3.25. The molecule has 3 rings (SSSR count). The Hall–Kier alpha value is -2.45. The number of hydrogen-bond donors (Lipinski definition) is 1. The van der Waals surface area contributed by atoms with Gasteiger partial charge < -0.3 is 9.84 Å². The minimum absolute atomic E-state index is 0.0214. The monoisotopic (exact) mass is 431 g/mol. The topological polar surface area (TPSA) is 92.6 Å². The highest BCUT2D eigenvalue weighted by Gasteiger charge is 2.52. The van der Waals surface area contributed by atoms with Crippen molar-refractivity contribution in [3.8, 4) is 0 Å². The van der Waals surface area contributed by atoms with Gasteiger partial charge in [0.25, 0.3) is 0 Å². The van der Waals surface area contributed by atoms with E-state index in [9.17, 15) is 9.59 Å². The van der Waals surface area contributed by atoms with E-state index < -0.39 is 21.4 Å². The number of carboxylic acids is 1. The largest absolute Gasteiger partial charge is 0.477 e. The lowest BCUT2D eigenvalue weighted by atomic mass is 9.71. The summed E-state index contributed by atoms with van der Waals surface area (Å²) in [5, 5.41) is 9.09. The standard InChI is InChI=1S/C22H29N3O4S/c1-15(16-8-9-18(20(26)27)24-13-16)22(2)17-7-6-10-23-19(17)25(21(22)28)14-29-11-12-30(3,4)5/h6-10,13,15H,11-12,14H2,1-5H3,(H,26,27)/t15-,22-/m1/s1. The van der Waals surface area contributed by atoms with E-state index in [0.717, 1.165) is 16.9 Å². The molecule has 0 radical (unpaired) electrons. The SMILES string of the molecule is C[C@H](c1ccc(C(=O)O)nc1)[C@@]1(C)C(=O)N(COCCS(C)(C)C)c2ncccc21. The van der Waals surface area contributed by atoms with E-state index in [1.165, 1.54) is 12.3 Å². The van der Waals surface area contributed by atoms with Crippen molar-refractivity contribution in [1.29, 1.82) is 0 Å². The number of pyridine rings is 2. The Balaban J connectivity index is 1.87. The molecule has 0 spiro atoms. The first-order chi connectivity index (χ1) is 14.1. The fourth-order valence-corrected chi connectivity index (χ4v) is 4.25. The number of amides is 1. The zero-order valence-corrected chi connectivity index (χ0v) is 18.9. The van der Waals surface area contributed by atoms with Crippen LogP contribution in [-0.4, -0.2) is 64.8 Å². The molecule has 7 nitrogen and oxygen atoms in total. The lowest BCUT2D eigenvalue weighted by Crippen LogP contribution is -2.42. The molecule has 0 unspecified atom stereocenters. The molecule has 0 aromatic carbocycles.